The molecule has 0 saturated carbocycles. The van der Waals surface area contributed by atoms with Crippen molar-refractivity contribution in [1.82, 2.24) is 9.55 Å². The summed E-state index contributed by atoms with van der Waals surface area (Å²) in [6, 6.07) is 10.9. The van der Waals surface area contributed by atoms with Crippen LogP contribution in [0.25, 0.3) is 10.9 Å². The fraction of sp³-hybridized carbons (Fsp3) is 0.211. The van der Waals surface area contributed by atoms with Gasteiger partial charge in [-0.25, -0.2) is 9.37 Å². The summed E-state index contributed by atoms with van der Waals surface area (Å²) in [5.41, 5.74) is 0.812. The summed E-state index contributed by atoms with van der Waals surface area (Å²) < 4.78 is 14.7. The van der Waals surface area contributed by atoms with E-state index in [9.17, 15) is 14.0 Å². The number of hydrogen-bond donors (Lipinski definition) is 1. The van der Waals surface area contributed by atoms with Crippen molar-refractivity contribution in [3.8, 4) is 0 Å². The van der Waals surface area contributed by atoms with Crippen LogP contribution >= 0.6 is 23.4 Å². The van der Waals surface area contributed by atoms with Crippen LogP contribution in [0.1, 0.15) is 13.3 Å². The van der Waals surface area contributed by atoms with Gasteiger partial charge >= 0.3 is 0 Å². The van der Waals surface area contributed by atoms with E-state index < -0.39 is 5.82 Å². The highest BCUT2D eigenvalue weighted by Crippen LogP contribution is 2.23. The molecule has 8 heteroatoms. The summed E-state index contributed by atoms with van der Waals surface area (Å²) in [7, 11) is 0. The molecule has 0 aliphatic carbocycles. The maximum atomic E-state index is 13.1. The van der Waals surface area contributed by atoms with Crippen LogP contribution in [0.5, 0.6) is 0 Å². The predicted octanol–water partition coefficient (Wildman–Crippen LogP) is 4.33. The van der Waals surface area contributed by atoms with Crippen molar-refractivity contribution in [3.63, 3.8) is 0 Å². The standard InChI is InChI=1S/C19H17ClFN3O2S/c1-2-9-24-18(26)13-5-3-4-6-15(13)23-19(24)27-11-17(25)22-16-8-7-12(21)10-14(16)20/h3-8,10H,2,9,11H2,1H3,(H,22,25). The van der Waals surface area contributed by atoms with Crippen LogP contribution in [0, 0.1) is 5.82 Å². The Balaban J connectivity index is 1.80. The number of thioether (sulfide) groups is 1. The lowest BCUT2D eigenvalue weighted by atomic mass is 10.2. The molecular formula is C19H17ClFN3O2S. The Morgan fingerprint density at radius 2 is 2.07 bits per heavy atom. The first-order chi connectivity index (χ1) is 13.0. The van der Waals surface area contributed by atoms with Gasteiger partial charge in [0.15, 0.2) is 5.16 Å². The fourth-order valence-corrected chi connectivity index (χ4v) is 3.63. The van der Waals surface area contributed by atoms with Gasteiger partial charge in [0, 0.05) is 6.54 Å². The fourth-order valence-electron chi connectivity index (χ4n) is 2.59. The first-order valence-electron chi connectivity index (χ1n) is 8.37. The van der Waals surface area contributed by atoms with E-state index in [1.54, 1.807) is 22.8 Å². The summed E-state index contributed by atoms with van der Waals surface area (Å²) in [5, 5.41) is 3.80. The highest BCUT2D eigenvalue weighted by Gasteiger charge is 2.13. The van der Waals surface area contributed by atoms with Gasteiger partial charge in [-0.1, -0.05) is 42.4 Å². The molecule has 5 nitrogen and oxygen atoms in total. The number of rotatable bonds is 6. The van der Waals surface area contributed by atoms with Crippen LogP contribution in [0.4, 0.5) is 10.1 Å². The number of carbonyl (C=O) groups excluding carboxylic acids is 1. The molecule has 0 radical (unpaired) electrons. The summed E-state index contributed by atoms with van der Waals surface area (Å²) in [4.78, 5) is 29.5. The molecule has 3 rings (SSSR count). The van der Waals surface area contributed by atoms with Crippen molar-refractivity contribution >= 4 is 45.9 Å². The Morgan fingerprint density at radius 1 is 1.30 bits per heavy atom. The van der Waals surface area contributed by atoms with Crippen molar-refractivity contribution in [2.75, 3.05) is 11.1 Å². The molecule has 0 aliphatic rings. The van der Waals surface area contributed by atoms with Crippen LogP contribution in [-0.2, 0) is 11.3 Å². The van der Waals surface area contributed by atoms with Gasteiger partial charge in [-0.2, -0.15) is 0 Å². The minimum atomic E-state index is -0.476. The minimum absolute atomic E-state index is 0.0438. The van der Waals surface area contributed by atoms with Crippen molar-refractivity contribution in [1.29, 1.82) is 0 Å². The Hall–Kier alpha value is -2.38. The zero-order valence-corrected chi connectivity index (χ0v) is 16.1. The number of nitrogens with one attached hydrogen (secondary N) is 1. The molecule has 27 heavy (non-hydrogen) atoms. The number of carbonyl (C=O) groups is 1. The number of fused-ring (bicyclic) bond motifs is 1. The number of halogens is 2. The molecule has 0 unspecified atom stereocenters. The summed E-state index contributed by atoms with van der Waals surface area (Å²) >= 11 is 7.10. The van der Waals surface area contributed by atoms with Crippen molar-refractivity contribution < 1.29 is 9.18 Å². The maximum absolute atomic E-state index is 13.1. The normalized spacial score (nSPS) is 10.9. The second kappa shape index (κ2) is 8.54. The molecule has 1 amide bonds. The third-order valence-electron chi connectivity index (χ3n) is 3.81. The van der Waals surface area contributed by atoms with Gasteiger partial charge in [-0.3, -0.25) is 14.2 Å². The molecule has 0 saturated heterocycles. The molecule has 0 spiro atoms. The second-order valence-corrected chi connectivity index (χ2v) is 7.18. The molecule has 1 N–H and O–H groups in total. The second-order valence-electron chi connectivity index (χ2n) is 5.83. The molecule has 0 fully saturated rings. The van der Waals surface area contributed by atoms with Crippen LogP contribution < -0.4 is 10.9 Å². The van der Waals surface area contributed by atoms with Gasteiger partial charge in [-0.15, -0.1) is 0 Å². The Morgan fingerprint density at radius 3 is 2.81 bits per heavy atom. The molecule has 1 aromatic heterocycles. The lowest BCUT2D eigenvalue weighted by molar-refractivity contribution is -0.113. The Bertz CT molecular complexity index is 1050. The smallest absolute Gasteiger partial charge is 0.262 e. The highest BCUT2D eigenvalue weighted by atomic mass is 35.5. The van der Waals surface area contributed by atoms with E-state index >= 15 is 0 Å². The summed E-state index contributed by atoms with van der Waals surface area (Å²) in [6.07, 6.45) is 0.769. The third-order valence-corrected chi connectivity index (χ3v) is 5.10. The van der Waals surface area contributed by atoms with Crippen LogP contribution in [0.3, 0.4) is 0 Å². The summed E-state index contributed by atoms with van der Waals surface area (Å²) in [5.74, 6) is -0.752. The number of nitrogens with zero attached hydrogens (tertiary/aromatic N) is 2. The molecular weight excluding hydrogens is 389 g/mol. The van der Waals surface area contributed by atoms with Crippen LogP contribution in [0.2, 0.25) is 5.02 Å². The number of anilines is 1. The Labute approximate surface area is 164 Å². The maximum Gasteiger partial charge on any atom is 0.262 e. The van der Waals surface area contributed by atoms with Gasteiger partial charge in [0.1, 0.15) is 5.82 Å². The molecule has 0 bridgehead atoms. The van der Waals surface area contributed by atoms with E-state index in [0.29, 0.717) is 28.3 Å². The van der Waals surface area contributed by atoms with E-state index in [-0.39, 0.29) is 22.2 Å². The third kappa shape index (κ3) is 4.48. The lowest BCUT2D eigenvalue weighted by Gasteiger charge is -2.12. The molecule has 2 aromatic carbocycles. The van der Waals surface area contributed by atoms with Gasteiger partial charge < -0.3 is 5.32 Å². The average molecular weight is 406 g/mol. The minimum Gasteiger partial charge on any atom is -0.324 e. The number of amides is 1. The number of hydrogen-bond acceptors (Lipinski definition) is 4. The van der Waals surface area contributed by atoms with E-state index in [0.717, 1.165) is 12.5 Å². The van der Waals surface area contributed by atoms with Gasteiger partial charge in [-0.05, 0) is 36.8 Å². The Kier molecular flexibility index (Phi) is 6.13. The topological polar surface area (TPSA) is 64.0 Å². The highest BCUT2D eigenvalue weighted by molar-refractivity contribution is 7.99. The van der Waals surface area contributed by atoms with Crippen LogP contribution in [0.15, 0.2) is 52.4 Å². The van der Waals surface area contributed by atoms with Gasteiger partial charge in [0.25, 0.3) is 5.56 Å². The monoisotopic (exact) mass is 405 g/mol. The first kappa shape index (κ1) is 19.4. The van der Waals surface area contributed by atoms with E-state index in [4.69, 9.17) is 11.6 Å². The van der Waals surface area contributed by atoms with E-state index in [2.05, 4.69) is 10.3 Å². The molecule has 1 heterocycles. The van der Waals surface area contributed by atoms with Gasteiger partial charge in [0.2, 0.25) is 5.91 Å². The SMILES string of the molecule is CCCn1c(SCC(=O)Nc2ccc(F)cc2Cl)nc2ccccc2c1=O. The first-order valence-corrected chi connectivity index (χ1v) is 9.73. The number of benzene rings is 2. The van der Waals surface area contributed by atoms with Gasteiger partial charge in [0.05, 0.1) is 27.4 Å². The van der Waals surface area contributed by atoms with Crippen molar-refractivity contribution in [2.45, 2.75) is 25.0 Å². The average Bonchev–Trinajstić information content (AvgIpc) is 2.65. The lowest BCUT2D eigenvalue weighted by Crippen LogP contribution is -2.24. The summed E-state index contributed by atoms with van der Waals surface area (Å²) in [6.45, 7) is 2.49. The number of para-hydroxylation sites is 1. The quantitative estimate of drug-likeness (QED) is 0.489. The molecule has 140 valence electrons. The van der Waals surface area contributed by atoms with Crippen LogP contribution in [-0.4, -0.2) is 21.2 Å². The molecule has 0 atom stereocenters. The zero-order valence-electron chi connectivity index (χ0n) is 14.5. The van der Waals surface area contributed by atoms with Crippen molar-refractivity contribution in [3.05, 3.63) is 63.7 Å². The molecule has 0 aliphatic heterocycles. The zero-order chi connectivity index (χ0) is 19.4. The predicted molar refractivity (Wildman–Crippen MR) is 107 cm³/mol. The number of aromatic nitrogens is 2. The van der Waals surface area contributed by atoms with E-state index in [1.165, 1.54) is 23.9 Å². The molecule has 3 aromatic rings. The van der Waals surface area contributed by atoms with E-state index in [1.807, 2.05) is 13.0 Å². The van der Waals surface area contributed by atoms with Crippen molar-refractivity contribution in [2.24, 2.45) is 0 Å². The largest absolute Gasteiger partial charge is 0.324 e.